The van der Waals surface area contributed by atoms with E-state index in [2.05, 4.69) is 27.4 Å². The molecule has 3 nitrogen and oxygen atoms in total. The maximum Gasteiger partial charge on any atom is 0.128 e. The van der Waals surface area contributed by atoms with Crippen LogP contribution in [0, 0.1) is 6.92 Å². The van der Waals surface area contributed by atoms with Gasteiger partial charge in [-0.15, -0.1) is 11.3 Å². The Kier molecular flexibility index (Phi) is 3.10. The lowest BCUT2D eigenvalue weighted by atomic mass is 10.2. The van der Waals surface area contributed by atoms with Gasteiger partial charge in [0.2, 0.25) is 0 Å². The summed E-state index contributed by atoms with van der Waals surface area (Å²) in [6.07, 6.45) is 1.72. The number of pyridine rings is 1. The highest BCUT2D eigenvalue weighted by molar-refractivity contribution is 7.09. The molecule has 0 atom stereocenters. The fourth-order valence-electron chi connectivity index (χ4n) is 1.48. The normalized spacial score (nSPS) is 10.4. The molecule has 2 heterocycles. The fraction of sp³-hybridized carbons (Fsp3) is 0.250. The number of aromatic nitrogens is 1. The molecule has 16 heavy (non-hydrogen) atoms. The number of thiophene rings is 1. The summed E-state index contributed by atoms with van der Waals surface area (Å²) >= 11 is 1.76. The fourth-order valence-corrected chi connectivity index (χ4v) is 2.24. The minimum absolute atomic E-state index is 0.744. The van der Waals surface area contributed by atoms with Gasteiger partial charge in [-0.1, -0.05) is 6.07 Å². The second kappa shape index (κ2) is 4.53. The topological polar surface area (TPSA) is 42.2 Å². The van der Waals surface area contributed by atoms with Crippen LogP contribution in [0.15, 0.2) is 29.8 Å². The third kappa shape index (κ3) is 2.33. The molecule has 0 aromatic carbocycles. The highest BCUT2D eigenvalue weighted by Crippen LogP contribution is 2.19. The van der Waals surface area contributed by atoms with E-state index in [0.717, 1.165) is 23.6 Å². The number of nitrogen functional groups attached to an aromatic ring is 1. The van der Waals surface area contributed by atoms with Crippen LogP contribution in [0.4, 0.5) is 11.5 Å². The van der Waals surface area contributed by atoms with Gasteiger partial charge in [-0.25, -0.2) is 4.98 Å². The molecule has 0 fully saturated rings. The van der Waals surface area contributed by atoms with Gasteiger partial charge >= 0.3 is 0 Å². The van der Waals surface area contributed by atoms with Crippen molar-refractivity contribution in [2.24, 2.45) is 0 Å². The van der Waals surface area contributed by atoms with Crippen LogP contribution in [-0.4, -0.2) is 12.0 Å². The van der Waals surface area contributed by atoms with Gasteiger partial charge in [0, 0.05) is 11.9 Å². The molecule has 0 radical (unpaired) electrons. The van der Waals surface area contributed by atoms with Crippen molar-refractivity contribution >= 4 is 22.8 Å². The number of hydrogen-bond acceptors (Lipinski definition) is 4. The lowest BCUT2D eigenvalue weighted by Crippen LogP contribution is -2.17. The van der Waals surface area contributed by atoms with Crippen molar-refractivity contribution in [1.29, 1.82) is 0 Å². The number of aryl methyl sites for hydroxylation is 1. The molecule has 2 aromatic rings. The summed E-state index contributed by atoms with van der Waals surface area (Å²) in [7, 11) is 2.04. The first-order valence-electron chi connectivity index (χ1n) is 5.12. The Morgan fingerprint density at radius 2 is 2.31 bits per heavy atom. The third-order valence-corrected chi connectivity index (χ3v) is 3.36. The molecule has 0 aliphatic rings. The molecule has 0 unspecified atom stereocenters. The van der Waals surface area contributed by atoms with Gasteiger partial charge in [0.05, 0.1) is 18.4 Å². The summed E-state index contributed by atoms with van der Waals surface area (Å²) in [5.41, 5.74) is 7.56. The van der Waals surface area contributed by atoms with E-state index < -0.39 is 0 Å². The Hall–Kier alpha value is -1.55. The van der Waals surface area contributed by atoms with Gasteiger partial charge in [-0.3, -0.25) is 0 Å². The van der Waals surface area contributed by atoms with Crippen molar-refractivity contribution in [3.8, 4) is 0 Å². The summed E-state index contributed by atoms with van der Waals surface area (Å²) in [4.78, 5) is 7.78. The van der Waals surface area contributed by atoms with Gasteiger partial charge < -0.3 is 10.6 Å². The Balaban J connectivity index is 2.14. The van der Waals surface area contributed by atoms with Crippen LogP contribution in [0.2, 0.25) is 0 Å². The maximum atomic E-state index is 5.75. The summed E-state index contributed by atoms with van der Waals surface area (Å²) < 4.78 is 0. The van der Waals surface area contributed by atoms with Crippen molar-refractivity contribution in [2.45, 2.75) is 13.5 Å². The van der Waals surface area contributed by atoms with Crippen LogP contribution in [0.5, 0.6) is 0 Å². The van der Waals surface area contributed by atoms with E-state index in [9.17, 15) is 0 Å². The zero-order chi connectivity index (χ0) is 11.5. The Morgan fingerprint density at radius 1 is 1.50 bits per heavy atom. The van der Waals surface area contributed by atoms with E-state index in [1.165, 1.54) is 4.88 Å². The molecule has 0 bridgehead atoms. The zero-order valence-electron chi connectivity index (χ0n) is 9.47. The molecule has 0 amide bonds. The molecule has 4 heteroatoms. The minimum Gasteiger partial charge on any atom is -0.397 e. The van der Waals surface area contributed by atoms with E-state index in [-0.39, 0.29) is 0 Å². The number of hydrogen-bond donors (Lipinski definition) is 1. The van der Waals surface area contributed by atoms with Gasteiger partial charge in [-0.05, 0) is 30.0 Å². The first-order valence-corrected chi connectivity index (χ1v) is 6.00. The molecule has 0 saturated carbocycles. The average molecular weight is 233 g/mol. The highest BCUT2D eigenvalue weighted by Gasteiger charge is 2.05. The quantitative estimate of drug-likeness (QED) is 0.886. The van der Waals surface area contributed by atoms with Crippen molar-refractivity contribution in [2.75, 3.05) is 17.7 Å². The van der Waals surface area contributed by atoms with Gasteiger partial charge in [0.15, 0.2) is 0 Å². The van der Waals surface area contributed by atoms with Crippen molar-refractivity contribution < 1.29 is 0 Å². The largest absolute Gasteiger partial charge is 0.397 e. The summed E-state index contributed by atoms with van der Waals surface area (Å²) in [6.45, 7) is 2.88. The lowest BCUT2D eigenvalue weighted by Gasteiger charge is -2.17. The smallest absolute Gasteiger partial charge is 0.128 e. The van der Waals surface area contributed by atoms with Gasteiger partial charge in [-0.2, -0.15) is 0 Å². The molecule has 0 aliphatic heterocycles. The number of rotatable bonds is 3. The predicted octanol–water partition coefficient (Wildman–Crippen LogP) is 2.67. The van der Waals surface area contributed by atoms with Crippen LogP contribution in [0.1, 0.15) is 10.4 Å². The van der Waals surface area contributed by atoms with Crippen LogP contribution >= 0.6 is 11.3 Å². The van der Waals surface area contributed by atoms with E-state index in [1.807, 2.05) is 20.0 Å². The summed E-state index contributed by atoms with van der Waals surface area (Å²) in [5.74, 6) is 0.958. The maximum absolute atomic E-state index is 5.75. The average Bonchev–Trinajstić information content (AvgIpc) is 2.74. The van der Waals surface area contributed by atoms with Crippen LogP contribution in [0.3, 0.4) is 0 Å². The van der Waals surface area contributed by atoms with Crippen LogP contribution in [0.25, 0.3) is 0 Å². The molecule has 2 N–H and O–H groups in total. The van der Waals surface area contributed by atoms with Gasteiger partial charge in [0.25, 0.3) is 0 Å². The summed E-state index contributed by atoms with van der Waals surface area (Å²) in [5, 5.41) is 2.09. The molecule has 0 aliphatic carbocycles. The Bertz CT molecular complexity index is 465. The van der Waals surface area contributed by atoms with E-state index >= 15 is 0 Å². The lowest BCUT2D eigenvalue weighted by molar-refractivity contribution is 0.911. The molecular weight excluding hydrogens is 218 g/mol. The third-order valence-electron chi connectivity index (χ3n) is 2.50. The molecule has 84 valence electrons. The Labute approximate surface area is 99.5 Å². The first kappa shape index (κ1) is 11.0. The van der Waals surface area contributed by atoms with Crippen molar-refractivity contribution in [3.63, 3.8) is 0 Å². The molecule has 2 aromatic heterocycles. The first-order chi connectivity index (χ1) is 7.66. The van der Waals surface area contributed by atoms with Crippen LogP contribution < -0.4 is 10.6 Å². The Morgan fingerprint density at radius 3 is 2.94 bits per heavy atom. The number of nitrogens with zero attached hydrogens (tertiary/aromatic N) is 2. The molecule has 2 rings (SSSR count). The van der Waals surface area contributed by atoms with E-state index in [0.29, 0.717) is 0 Å². The molecular formula is C12H15N3S. The van der Waals surface area contributed by atoms with E-state index in [4.69, 9.17) is 5.73 Å². The number of nitrogens with two attached hydrogens (primary N) is 1. The molecule has 0 saturated heterocycles. The highest BCUT2D eigenvalue weighted by atomic mass is 32.1. The summed E-state index contributed by atoms with van der Waals surface area (Å²) in [6, 6.07) is 6.21. The zero-order valence-corrected chi connectivity index (χ0v) is 10.3. The number of anilines is 2. The van der Waals surface area contributed by atoms with E-state index in [1.54, 1.807) is 17.5 Å². The second-order valence-corrected chi connectivity index (χ2v) is 4.87. The molecule has 0 spiro atoms. The van der Waals surface area contributed by atoms with Crippen molar-refractivity contribution in [3.05, 3.63) is 40.2 Å². The monoisotopic (exact) mass is 233 g/mol. The predicted molar refractivity (Wildman–Crippen MR) is 69.8 cm³/mol. The minimum atomic E-state index is 0.744. The van der Waals surface area contributed by atoms with Crippen LogP contribution in [-0.2, 0) is 6.54 Å². The van der Waals surface area contributed by atoms with Crippen molar-refractivity contribution in [1.82, 2.24) is 4.98 Å². The standard InChI is InChI=1S/C12H15N3S/c1-9-6-12(14-7-11(9)13)15(2)8-10-4-3-5-16-10/h3-7H,8,13H2,1-2H3. The SMILES string of the molecule is Cc1cc(N(C)Cc2cccs2)ncc1N. The second-order valence-electron chi connectivity index (χ2n) is 3.83. The van der Waals surface area contributed by atoms with Gasteiger partial charge in [0.1, 0.15) is 5.82 Å².